The van der Waals surface area contributed by atoms with E-state index in [1.54, 1.807) is 24.3 Å². The van der Waals surface area contributed by atoms with Gasteiger partial charge in [0.1, 0.15) is 23.7 Å². The van der Waals surface area contributed by atoms with Crippen LogP contribution in [0.4, 0.5) is 18.9 Å². The van der Waals surface area contributed by atoms with E-state index in [4.69, 9.17) is 21.4 Å². The van der Waals surface area contributed by atoms with E-state index in [9.17, 15) is 27.6 Å². The van der Waals surface area contributed by atoms with Crippen molar-refractivity contribution in [2.24, 2.45) is 0 Å². The Balaban J connectivity index is 1.66. The van der Waals surface area contributed by atoms with Crippen LogP contribution >= 0.6 is 11.6 Å². The van der Waals surface area contributed by atoms with Crippen LogP contribution < -0.4 is 15.4 Å². The number of carboxylic acid groups (broad SMARTS) is 1. The van der Waals surface area contributed by atoms with Crippen molar-refractivity contribution in [3.05, 3.63) is 88.7 Å². The van der Waals surface area contributed by atoms with Crippen LogP contribution in [0.25, 0.3) is 6.08 Å². The van der Waals surface area contributed by atoms with E-state index in [1.807, 2.05) is 0 Å². The summed E-state index contributed by atoms with van der Waals surface area (Å²) < 4.78 is 44.7. The molecule has 0 atom stereocenters. The van der Waals surface area contributed by atoms with E-state index in [0.29, 0.717) is 11.3 Å². The van der Waals surface area contributed by atoms with Gasteiger partial charge in [-0.1, -0.05) is 23.7 Å². The van der Waals surface area contributed by atoms with Gasteiger partial charge in [0.2, 0.25) is 5.91 Å². The molecule has 0 aliphatic carbocycles. The molecule has 1 aromatic heterocycles. The first-order chi connectivity index (χ1) is 17.0. The molecule has 0 saturated heterocycles. The van der Waals surface area contributed by atoms with Gasteiger partial charge in [-0.15, -0.1) is 0 Å². The Bertz CT molecular complexity index is 1330. The molecule has 8 nitrogen and oxygen atoms in total. The van der Waals surface area contributed by atoms with Gasteiger partial charge in [0.25, 0.3) is 5.91 Å². The minimum absolute atomic E-state index is 0.0441. The van der Waals surface area contributed by atoms with Gasteiger partial charge in [-0.25, -0.2) is 0 Å². The maximum atomic E-state index is 13.0. The molecule has 3 aromatic rings. The van der Waals surface area contributed by atoms with Crippen molar-refractivity contribution in [2.75, 3.05) is 11.9 Å². The summed E-state index contributed by atoms with van der Waals surface area (Å²) in [7, 11) is 0. The number of amides is 2. The van der Waals surface area contributed by atoms with Gasteiger partial charge in [0.05, 0.1) is 10.6 Å². The molecule has 0 saturated carbocycles. The fourth-order valence-corrected chi connectivity index (χ4v) is 3.06. The van der Waals surface area contributed by atoms with Gasteiger partial charge in [0, 0.05) is 24.0 Å². The molecule has 0 spiro atoms. The van der Waals surface area contributed by atoms with E-state index in [2.05, 4.69) is 15.6 Å². The van der Waals surface area contributed by atoms with Crippen LogP contribution in [0, 0.1) is 0 Å². The number of nitrogens with one attached hydrogen (secondary N) is 2. The summed E-state index contributed by atoms with van der Waals surface area (Å²) in [6.45, 7) is -0.560. The smallest absolute Gasteiger partial charge is 0.417 e. The standard InChI is InChI=1S/C24H17ClF3N3O5/c25-19-6-5-15(11-18(19)24(26,27)28)31-21(32)7-4-14-2-1-3-16(10-14)36-17-8-9-29-20(12-17)23(35)30-13-22(33)34/h1-12H,13H2,(H,30,35)(H,31,32)(H,33,34). The molecule has 0 radical (unpaired) electrons. The average molecular weight is 520 g/mol. The number of halogens is 4. The monoisotopic (exact) mass is 519 g/mol. The molecule has 1 heterocycles. The number of hydrogen-bond acceptors (Lipinski definition) is 5. The number of carbonyl (C=O) groups is 3. The number of ether oxygens (including phenoxy) is 1. The lowest BCUT2D eigenvalue weighted by molar-refractivity contribution is -0.137. The Morgan fingerprint density at radius 2 is 1.81 bits per heavy atom. The fourth-order valence-electron chi connectivity index (χ4n) is 2.84. The maximum Gasteiger partial charge on any atom is 0.417 e. The van der Waals surface area contributed by atoms with E-state index in [1.165, 1.54) is 30.5 Å². The van der Waals surface area contributed by atoms with Crippen molar-refractivity contribution >= 4 is 41.1 Å². The highest BCUT2D eigenvalue weighted by Crippen LogP contribution is 2.36. The Labute approximate surface area is 207 Å². The van der Waals surface area contributed by atoms with Crippen LogP contribution in [0.3, 0.4) is 0 Å². The number of anilines is 1. The summed E-state index contributed by atoms with van der Waals surface area (Å²) in [6, 6.07) is 12.4. The van der Waals surface area contributed by atoms with Crippen LogP contribution in [-0.2, 0) is 15.8 Å². The minimum atomic E-state index is -4.66. The molecule has 12 heteroatoms. The van der Waals surface area contributed by atoms with E-state index < -0.39 is 41.1 Å². The third kappa shape index (κ3) is 7.57. The van der Waals surface area contributed by atoms with Crippen LogP contribution in [0.1, 0.15) is 21.6 Å². The van der Waals surface area contributed by atoms with Gasteiger partial charge >= 0.3 is 12.1 Å². The molecule has 0 bridgehead atoms. The van der Waals surface area contributed by atoms with Crippen LogP contribution in [0.2, 0.25) is 5.02 Å². The number of pyridine rings is 1. The van der Waals surface area contributed by atoms with Crippen molar-refractivity contribution in [3.63, 3.8) is 0 Å². The maximum absolute atomic E-state index is 13.0. The van der Waals surface area contributed by atoms with Gasteiger partial charge in [0.15, 0.2) is 0 Å². The SMILES string of the molecule is O=C(O)CNC(=O)c1cc(Oc2cccc(C=CC(=O)Nc3ccc(Cl)c(C(F)(F)F)c3)c2)ccn1. The predicted octanol–water partition coefficient (Wildman–Crippen LogP) is 5.01. The first-order valence-corrected chi connectivity index (χ1v) is 10.5. The molecule has 3 N–H and O–H groups in total. The number of hydrogen-bond donors (Lipinski definition) is 3. The lowest BCUT2D eigenvalue weighted by Crippen LogP contribution is -2.29. The first-order valence-electron chi connectivity index (χ1n) is 10.1. The van der Waals surface area contributed by atoms with E-state index in [-0.39, 0.29) is 17.1 Å². The first kappa shape index (κ1) is 26.2. The van der Waals surface area contributed by atoms with Crippen molar-refractivity contribution < 1.29 is 37.4 Å². The number of rotatable bonds is 8. The summed E-state index contributed by atoms with van der Waals surface area (Å²) >= 11 is 5.58. The highest BCUT2D eigenvalue weighted by molar-refractivity contribution is 6.31. The summed E-state index contributed by atoms with van der Waals surface area (Å²) in [5.74, 6) is -1.94. The zero-order chi connectivity index (χ0) is 26.3. The second-order valence-electron chi connectivity index (χ2n) is 7.14. The zero-order valence-corrected chi connectivity index (χ0v) is 18.9. The fraction of sp³-hybridized carbons (Fsp3) is 0.0833. The van der Waals surface area contributed by atoms with Crippen LogP contribution in [0.15, 0.2) is 66.9 Å². The van der Waals surface area contributed by atoms with Crippen molar-refractivity contribution in [3.8, 4) is 11.5 Å². The van der Waals surface area contributed by atoms with Gasteiger partial charge in [-0.3, -0.25) is 19.4 Å². The number of nitrogens with zero attached hydrogens (tertiary/aromatic N) is 1. The second kappa shape index (κ2) is 11.4. The number of benzene rings is 2. The minimum Gasteiger partial charge on any atom is -0.480 e. The van der Waals surface area contributed by atoms with E-state index in [0.717, 1.165) is 18.2 Å². The topological polar surface area (TPSA) is 118 Å². The second-order valence-corrected chi connectivity index (χ2v) is 7.55. The van der Waals surface area contributed by atoms with Crippen molar-refractivity contribution in [1.82, 2.24) is 10.3 Å². The summed E-state index contributed by atoms with van der Waals surface area (Å²) in [5.41, 5.74) is -0.630. The Morgan fingerprint density at radius 1 is 1.06 bits per heavy atom. The zero-order valence-electron chi connectivity index (χ0n) is 18.2. The van der Waals surface area contributed by atoms with Gasteiger partial charge in [-0.05, 0) is 48.0 Å². The van der Waals surface area contributed by atoms with Gasteiger partial charge < -0.3 is 20.5 Å². The van der Waals surface area contributed by atoms with Gasteiger partial charge in [-0.2, -0.15) is 13.2 Å². The average Bonchev–Trinajstić information content (AvgIpc) is 2.82. The summed E-state index contributed by atoms with van der Waals surface area (Å²) in [4.78, 5) is 38.6. The summed E-state index contributed by atoms with van der Waals surface area (Å²) in [5, 5.41) is 12.7. The van der Waals surface area contributed by atoms with Crippen molar-refractivity contribution in [2.45, 2.75) is 6.18 Å². The number of alkyl halides is 3. The molecule has 36 heavy (non-hydrogen) atoms. The third-order valence-electron chi connectivity index (χ3n) is 4.42. The lowest BCUT2D eigenvalue weighted by Gasteiger charge is -2.11. The van der Waals surface area contributed by atoms with Crippen LogP contribution in [0.5, 0.6) is 11.5 Å². The summed E-state index contributed by atoms with van der Waals surface area (Å²) in [6.07, 6.45) is -0.773. The Morgan fingerprint density at radius 3 is 2.53 bits per heavy atom. The Kier molecular flexibility index (Phi) is 8.28. The molecule has 2 amide bonds. The molecular formula is C24H17ClF3N3O5. The molecule has 0 fully saturated rings. The predicted molar refractivity (Wildman–Crippen MR) is 125 cm³/mol. The number of carbonyl (C=O) groups excluding carboxylic acids is 2. The Hall–Kier alpha value is -4.38. The number of carboxylic acids is 1. The molecule has 2 aromatic carbocycles. The highest BCUT2D eigenvalue weighted by atomic mass is 35.5. The van der Waals surface area contributed by atoms with Crippen LogP contribution in [-0.4, -0.2) is 34.4 Å². The normalized spacial score (nSPS) is 11.2. The lowest BCUT2D eigenvalue weighted by atomic mass is 10.2. The number of aliphatic carboxylic acids is 1. The highest BCUT2D eigenvalue weighted by Gasteiger charge is 2.33. The molecule has 0 unspecified atom stereocenters. The van der Waals surface area contributed by atoms with Crippen molar-refractivity contribution in [1.29, 1.82) is 0 Å². The third-order valence-corrected chi connectivity index (χ3v) is 4.75. The molecule has 0 aliphatic heterocycles. The number of aromatic nitrogens is 1. The molecule has 186 valence electrons. The molecule has 0 aliphatic rings. The largest absolute Gasteiger partial charge is 0.480 e. The quantitative estimate of drug-likeness (QED) is 0.360. The molecule has 3 rings (SSSR count). The molecular weight excluding hydrogens is 503 g/mol. The van der Waals surface area contributed by atoms with E-state index >= 15 is 0 Å².